The number of aromatic amines is 1. The number of nitrogens with one attached hydrogen (secondary N) is 1. The molecule has 88 valence electrons. The van der Waals surface area contributed by atoms with Crippen LogP contribution in [0.3, 0.4) is 0 Å². The number of fused-ring (bicyclic) bond motifs is 1. The van der Waals surface area contributed by atoms with Crippen LogP contribution in [0.5, 0.6) is 0 Å². The van der Waals surface area contributed by atoms with Gasteiger partial charge in [-0.3, -0.25) is 9.78 Å². The number of pyridine rings is 1. The second-order valence-electron chi connectivity index (χ2n) is 4.22. The fraction of sp³-hybridized carbons (Fsp3) is 0.0667. The average molecular weight is 236 g/mol. The minimum atomic E-state index is 0.0614. The zero-order valence-corrected chi connectivity index (χ0v) is 9.97. The third-order valence-electron chi connectivity index (χ3n) is 3.01. The van der Waals surface area contributed by atoms with E-state index in [2.05, 4.69) is 9.97 Å². The smallest absolute Gasteiger partial charge is 0.162 e. The predicted octanol–water partition coefficient (Wildman–Crippen LogP) is 3.43. The van der Waals surface area contributed by atoms with E-state index in [0.29, 0.717) is 0 Å². The summed E-state index contributed by atoms with van der Waals surface area (Å²) in [6, 6.07) is 11.6. The summed E-state index contributed by atoms with van der Waals surface area (Å²) in [6.07, 6.45) is 3.48. The van der Waals surface area contributed by atoms with E-state index in [1.54, 1.807) is 19.3 Å². The Morgan fingerprint density at radius 1 is 1.17 bits per heavy atom. The van der Waals surface area contributed by atoms with Gasteiger partial charge >= 0.3 is 0 Å². The van der Waals surface area contributed by atoms with Gasteiger partial charge in [-0.15, -0.1) is 0 Å². The molecule has 0 saturated heterocycles. The fourth-order valence-corrected chi connectivity index (χ4v) is 2.23. The van der Waals surface area contributed by atoms with E-state index in [4.69, 9.17) is 0 Å². The molecule has 0 aliphatic carbocycles. The van der Waals surface area contributed by atoms with E-state index in [-0.39, 0.29) is 5.78 Å². The number of para-hydroxylation sites is 1. The quantitative estimate of drug-likeness (QED) is 0.693. The van der Waals surface area contributed by atoms with Crippen molar-refractivity contribution >= 4 is 16.7 Å². The summed E-state index contributed by atoms with van der Waals surface area (Å²) in [5, 5.41) is 0.962. The van der Waals surface area contributed by atoms with Crippen molar-refractivity contribution in [3.05, 3.63) is 54.4 Å². The molecule has 0 radical (unpaired) electrons. The minimum Gasteiger partial charge on any atom is -0.354 e. The largest absolute Gasteiger partial charge is 0.354 e. The van der Waals surface area contributed by atoms with E-state index in [1.165, 1.54) is 0 Å². The van der Waals surface area contributed by atoms with E-state index in [1.807, 2.05) is 36.4 Å². The van der Waals surface area contributed by atoms with Crippen molar-refractivity contribution in [1.82, 2.24) is 9.97 Å². The number of Topliss-reactive ketones (excluding diaryl/α,β-unsaturated/α-hetero) is 1. The van der Waals surface area contributed by atoms with Crippen LogP contribution in [0.4, 0.5) is 0 Å². The molecule has 3 nitrogen and oxygen atoms in total. The van der Waals surface area contributed by atoms with Crippen LogP contribution in [-0.2, 0) is 0 Å². The molecule has 0 unspecified atom stereocenters. The number of aromatic nitrogens is 2. The number of rotatable bonds is 2. The Morgan fingerprint density at radius 2 is 2.00 bits per heavy atom. The van der Waals surface area contributed by atoms with Gasteiger partial charge < -0.3 is 4.98 Å². The lowest BCUT2D eigenvalue weighted by Gasteiger charge is -2.00. The van der Waals surface area contributed by atoms with Gasteiger partial charge in [0, 0.05) is 28.9 Å². The van der Waals surface area contributed by atoms with Crippen LogP contribution in [0.2, 0.25) is 0 Å². The second kappa shape index (κ2) is 4.11. The molecule has 0 amide bonds. The molecule has 0 aliphatic heterocycles. The Hall–Kier alpha value is -2.42. The Balaban J connectivity index is 2.36. The highest BCUT2D eigenvalue weighted by Gasteiger charge is 2.16. The van der Waals surface area contributed by atoms with Crippen molar-refractivity contribution in [3.63, 3.8) is 0 Å². The molecule has 3 aromatic rings. The van der Waals surface area contributed by atoms with Gasteiger partial charge in [0.05, 0.1) is 11.3 Å². The first kappa shape index (κ1) is 10.7. The Morgan fingerprint density at radius 3 is 2.72 bits per heavy atom. The van der Waals surface area contributed by atoms with Gasteiger partial charge in [0.25, 0.3) is 0 Å². The average Bonchev–Trinajstić information content (AvgIpc) is 2.79. The van der Waals surface area contributed by atoms with Crippen LogP contribution >= 0.6 is 0 Å². The molecule has 3 heteroatoms. The number of carbonyl (C=O) groups excluding carboxylic acids is 1. The SMILES string of the molecule is CC(=O)c1c(-c2cccnc2)[nH]c2ccccc12. The molecule has 0 fully saturated rings. The van der Waals surface area contributed by atoms with Crippen LogP contribution in [-0.4, -0.2) is 15.8 Å². The van der Waals surface area contributed by atoms with Crippen molar-refractivity contribution < 1.29 is 4.79 Å². The third kappa shape index (κ3) is 1.61. The third-order valence-corrected chi connectivity index (χ3v) is 3.01. The van der Waals surface area contributed by atoms with Crippen LogP contribution in [0.1, 0.15) is 17.3 Å². The van der Waals surface area contributed by atoms with Gasteiger partial charge in [0.1, 0.15) is 0 Å². The standard InChI is InChI=1S/C15H12N2O/c1-10(18)14-12-6-2-3-7-13(12)17-15(14)11-5-4-8-16-9-11/h2-9,17H,1H3. The highest BCUT2D eigenvalue weighted by atomic mass is 16.1. The lowest BCUT2D eigenvalue weighted by molar-refractivity contribution is 0.102. The van der Waals surface area contributed by atoms with Gasteiger partial charge in [-0.05, 0) is 25.1 Å². The van der Waals surface area contributed by atoms with Crippen LogP contribution < -0.4 is 0 Å². The maximum absolute atomic E-state index is 11.9. The topological polar surface area (TPSA) is 45.8 Å². The van der Waals surface area contributed by atoms with Crippen molar-refractivity contribution in [3.8, 4) is 11.3 Å². The molecular weight excluding hydrogens is 224 g/mol. The molecule has 2 heterocycles. The molecule has 0 aliphatic rings. The molecule has 18 heavy (non-hydrogen) atoms. The number of carbonyl (C=O) groups is 1. The number of benzene rings is 1. The number of hydrogen-bond acceptors (Lipinski definition) is 2. The molecule has 2 aromatic heterocycles. The van der Waals surface area contributed by atoms with Crippen molar-refractivity contribution in [2.75, 3.05) is 0 Å². The lowest BCUT2D eigenvalue weighted by Crippen LogP contribution is -1.94. The summed E-state index contributed by atoms with van der Waals surface area (Å²) in [6.45, 7) is 1.59. The first-order valence-corrected chi connectivity index (χ1v) is 5.79. The Kier molecular flexibility index (Phi) is 2.45. The molecule has 0 atom stereocenters. The van der Waals surface area contributed by atoms with Gasteiger partial charge in [0.2, 0.25) is 0 Å². The number of ketones is 1. The van der Waals surface area contributed by atoms with Gasteiger partial charge in [-0.2, -0.15) is 0 Å². The summed E-state index contributed by atoms with van der Waals surface area (Å²) < 4.78 is 0. The molecule has 1 N–H and O–H groups in total. The maximum atomic E-state index is 11.9. The van der Waals surface area contributed by atoms with Crippen molar-refractivity contribution in [1.29, 1.82) is 0 Å². The molecule has 0 spiro atoms. The number of hydrogen-bond donors (Lipinski definition) is 1. The maximum Gasteiger partial charge on any atom is 0.162 e. The van der Waals surface area contributed by atoms with Crippen molar-refractivity contribution in [2.24, 2.45) is 0 Å². The summed E-state index contributed by atoms with van der Waals surface area (Å²) in [7, 11) is 0. The summed E-state index contributed by atoms with van der Waals surface area (Å²) in [5.41, 5.74) is 3.48. The zero-order chi connectivity index (χ0) is 12.5. The van der Waals surface area contributed by atoms with Gasteiger partial charge in [-0.1, -0.05) is 18.2 Å². The summed E-state index contributed by atoms with van der Waals surface area (Å²) in [5.74, 6) is 0.0614. The van der Waals surface area contributed by atoms with E-state index in [0.717, 1.165) is 27.7 Å². The second-order valence-corrected chi connectivity index (χ2v) is 4.22. The Labute approximate surface area is 104 Å². The van der Waals surface area contributed by atoms with Gasteiger partial charge in [-0.25, -0.2) is 0 Å². The predicted molar refractivity (Wildman–Crippen MR) is 71.5 cm³/mol. The number of nitrogens with zero attached hydrogens (tertiary/aromatic N) is 1. The molecular formula is C15H12N2O. The van der Waals surface area contributed by atoms with Crippen molar-refractivity contribution in [2.45, 2.75) is 6.92 Å². The van der Waals surface area contributed by atoms with E-state index >= 15 is 0 Å². The highest BCUT2D eigenvalue weighted by molar-refractivity contribution is 6.12. The molecule has 3 rings (SSSR count). The first-order chi connectivity index (χ1) is 8.77. The molecule has 1 aromatic carbocycles. The van der Waals surface area contributed by atoms with E-state index < -0.39 is 0 Å². The zero-order valence-electron chi connectivity index (χ0n) is 9.97. The monoisotopic (exact) mass is 236 g/mol. The van der Waals surface area contributed by atoms with Crippen LogP contribution in [0.15, 0.2) is 48.8 Å². The van der Waals surface area contributed by atoms with Gasteiger partial charge in [0.15, 0.2) is 5.78 Å². The summed E-state index contributed by atoms with van der Waals surface area (Å²) in [4.78, 5) is 19.3. The van der Waals surface area contributed by atoms with E-state index in [9.17, 15) is 4.79 Å². The fourth-order valence-electron chi connectivity index (χ4n) is 2.23. The molecule has 0 bridgehead atoms. The molecule has 0 saturated carbocycles. The first-order valence-electron chi connectivity index (χ1n) is 5.79. The highest BCUT2D eigenvalue weighted by Crippen LogP contribution is 2.29. The van der Waals surface area contributed by atoms with Crippen LogP contribution in [0.25, 0.3) is 22.2 Å². The Bertz CT molecular complexity index is 714. The minimum absolute atomic E-state index is 0.0614. The number of H-pyrrole nitrogens is 1. The normalized spacial score (nSPS) is 10.7. The summed E-state index contributed by atoms with van der Waals surface area (Å²) >= 11 is 0. The van der Waals surface area contributed by atoms with Crippen LogP contribution in [0, 0.1) is 0 Å². The lowest BCUT2D eigenvalue weighted by atomic mass is 10.0.